The largest absolute Gasteiger partial charge is 0.503 e. The highest BCUT2D eigenvalue weighted by Gasteiger charge is 2.15. The Hall–Kier alpha value is -1.58. The van der Waals surface area contributed by atoms with Crippen molar-refractivity contribution >= 4 is 5.69 Å². The van der Waals surface area contributed by atoms with E-state index in [4.69, 9.17) is 15.2 Å². The van der Waals surface area contributed by atoms with E-state index in [1.807, 2.05) is 6.92 Å². The van der Waals surface area contributed by atoms with Crippen LogP contribution in [0.2, 0.25) is 0 Å². The fourth-order valence-corrected chi connectivity index (χ4v) is 1.23. The smallest absolute Gasteiger partial charge is 0.205 e. The average molecular weight is 183 g/mol. The number of phenolic OH excluding ortho intramolecular Hbond substituents is 1. The minimum atomic E-state index is -0.0787. The van der Waals surface area contributed by atoms with Crippen molar-refractivity contribution in [2.45, 2.75) is 6.92 Å². The van der Waals surface area contributed by atoms with Gasteiger partial charge in [0, 0.05) is 0 Å². The molecule has 0 aliphatic heterocycles. The number of aryl methyl sites for hydroxylation is 1. The number of rotatable bonds is 2. The van der Waals surface area contributed by atoms with Crippen LogP contribution < -0.4 is 15.2 Å². The van der Waals surface area contributed by atoms with E-state index in [2.05, 4.69) is 0 Å². The lowest BCUT2D eigenvalue weighted by atomic mass is 10.1. The zero-order valence-corrected chi connectivity index (χ0v) is 7.92. The average Bonchev–Trinajstić information content (AvgIpc) is 2.10. The molecule has 1 aromatic rings. The predicted octanol–water partition coefficient (Wildman–Crippen LogP) is 1.30. The molecule has 0 fully saturated rings. The van der Waals surface area contributed by atoms with Crippen LogP contribution in [-0.4, -0.2) is 19.3 Å². The van der Waals surface area contributed by atoms with Crippen molar-refractivity contribution in [3.8, 4) is 17.2 Å². The summed E-state index contributed by atoms with van der Waals surface area (Å²) < 4.78 is 10.0. The Morgan fingerprint density at radius 1 is 1.23 bits per heavy atom. The van der Waals surface area contributed by atoms with Crippen LogP contribution in [0.15, 0.2) is 6.07 Å². The van der Waals surface area contributed by atoms with E-state index in [9.17, 15) is 5.11 Å². The first kappa shape index (κ1) is 9.51. The molecular formula is C9H13NO3. The van der Waals surface area contributed by atoms with Crippen molar-refractivity contribution in [3.63, 3.8) is 0 Å². The molecule has 0 saturated heterocycles. The van der Waals surface area contributed by atoms with Crippen LogP contribution in [-0.2, 0) is 0 Å². The van der Waals surface area contributed by atoms with Gasteiger partial charge in [0.05, 0.1) is 19.9 Å². The molecule has 1 rings (SSSR count). The first-order chi connectivity index (χ1) is 6.11. The van der Waals surface area contributed by atoms with Crippen molar-refractivity contribution < 1.29 is 14.6 Å². The highest BCUT2D eigenvalue weighted by atomic mass is 16.5. The lowest BCUT2D eigenvalue weighted by molar-refractivity contribution is 0.332. The molecule has 0 aromatic heterocycles. The lowest BCUT2D eigenvalue weighted by Crippen LogP contribution is -1.96. The molecule has 0 heterocycles. The van der Waals surface area contributed by atoms with Crippen molar-refractivity contribution in [3.05, 3.63) is 11.6 Å². The molecule has 0 saturated carbocycles. The summed E-state index contributed by atoms with van der Waals surface area (Å²) in [7, 11) is 2.97. The predicted molar refractivity (Wildman–Crippen MR) is 50.4 cm³/mol. The maximum atomic E-state index is 9.50. The quantitative estimate of drug-likeness (QED) is 0.535. The number of benzene rings is 1. The number of nitrogens with two attached hydrogens (primary N) is 1. The number of hydrogen-bond acceptors (Lipinski definition) is 4. The Morgan fingerprint density at radius 3 is 2.23 bits per heavy atom. The summed E-state index contributed by atoms with van der Waals surface area (Å²) in [5, 5.41) is 9.50. The van der Waals surface area contributed by atoms with Crippen LogP contribution in [0.5, 0.6) is 17.2 Å². The molecule has 0 aliphatic rings. The zero-order valence-electron chi connectivity index (χ0n) is 7.92. The SMILES string of the molecule is COc1c(C)cc(N)c(O)c1OC. The first-order valence-electron chi connectivity index (χ1n) is 3.81. The molecule has 0 spiro atoms. The van der Waals surface area contributed by atoms with Gasteiger partial charge in [0.1, 0.15) is 0 Å². The standard InChI is InChI=1S/C9H13NO3/c1-5-4-6(10)7(11)9(13-3)8(5)12-2/h4,11H,10H2,1-3H3. The minimum Gasteiger partial charge on any atom is -0.503 e. The highest BCUT2D eigenvalue weighted by molar-refractivity contribution is 5.67. The van der Waals surface area contributed by atoms with E-state index in [0.717, 1.165) is 5.56 Å². The zero-order chi connectivity index (χ0) is 10.0. The molecule has 13 heavy (non-hydrogen) atoms. The van der Waals surface area contributed by atoms with Crippen LogP contribution in [0.3, 0.4) is 0 Å². The molecular weight excluding hydrogens is 170 g/mol. The highest BCUT2D eigenvalue weighted by Crippen LogP contribution is 2.42. The van der Waals surface area contributed by atoms with Gasteiger partial charge in [0.2, 0.25) is 5.75 Å². The van der Waals surface area contributed by atoms with E-state index < -0.39 is 0 Å². The van der Waals surface area contributed by atoms with Gasteiger partial charge in [0.25, 0.3) is 0 Å². The second kappa shape index (κ2) is 3.43. The molecule has 3 N–H and O–H groups in total. The summed E-state index contributed by atoms with van der Waals surface area (Å²) in [6, 6.07) is 1.64. The summed E-state index contributed by atoms with van der Waals surface area (Å²) >= 11 is 0. The molecule has 1 aromatic carbocycles. The van der Waals surface area contributed by atoms with Crippen LogP contribution in [0.25, 0.3) is 0 Å². The van der Waals surface area contributed by atoms with Crippen LogP contribution in [0.1, 0.15) is 5.56 Å². The molecule has 0 amide bonds. The molecule has 0 bridgehead atoms. The van der Waals surface area contributed by atoms with Crippen molar-refractivity contribution in [1.82, 2.24) is 0 Å². The fraction of sp³-hybridized carbons (Fsp3) is 0.333. The third-order valence-corrected chi connectivity index (χ3v) is 1.83. The Bertz CT molecular complexity index is 323. The second-order valence-electron chi connectivity index (χ2n) is 2.70. The Kier molecular flexibility index (Phi) is 2.51. The van der Waals surface area contributed by atoms with Gasteiger partial charge in [-0.25, -0.2) is 0 Å². The van der Waals surface area contributed by atoms with E-state index in [1.165, 1.54) is 14.2 Å². The molecule has 0 radical (unpaired) electrons. The van der Waals surface area contributed by atoms with Gasteiger partial charge in [0.15, 0.2) is 11.5 Å². The van der Waals surface area contributed by atoms with Gasteiger partial charge < -0.3 is 20.3 Å². The number of phenols is 1. The van der Waals surface area contributed by atoms with E-state index in [1.54, 1.807) is 6.07 Å². The lowest BCUT2D eigenvalue weighted by Gasteiger charge is -2.13. The Morgan fingerprint density at radius 2 is 1.77 bits per heavy atom. The number of ether oxygens (including phenoxy) is 2. The second-order valence-corrected chi connectivity index (χ2v) is 2.70. The Labute approximate surface area is 76.9 Å². The molecule has 4 heteroatoms. The minimum absolute atomic E-state index is 0.0787. The number of anilines is 1. The van der Waals surface area contributed by atoms with Crippen LogP contribution >= 0.6 is 0 Å². The molecule has 0 aliphatic carbocycles. The first-order valence-corrected chi connectivity index (χ1v) is 3.81. The number of hydrogen-bond donors (Lipinski definition) is 2. The number of nitrogen functional groups attached to an aromatic ring is 1. The summed E-state index contributed by atoms with van der Waals surface area (Å²) in [5.74, 6) is 0.708. The van der Waals surface area contributed by atoms with E-state index in [-0.39, 0.29) is 17.2 Å². The van der Waals surface area contributed by atoms with Gasteiger partial charge in [-0.2, -0.15) is 0 Å². The molecule has 4 nitrogen and oxygen atoms in total. The van der Waals surface area contributed by atoms with Crippen LogP contribution in [0, 0.1) is 6.92 Å². The molecule has 0 unspecified atom stereocenters. The van der Waals surface area contributed by atoms with Crippen molar-refractivity contribution in [2.75, 3.05) is 20.0 Å². The number of methoxy groups -OCH3 is 2. The van der Waals surface area contributed by atoms with Crippen molar-refractivity contribution in [2.24, 2.45) is 0 Å². The summed E-state index contributed by atoms with van der Waals surface area (Å²) in [6.07, 6.45) is 0. The van der Waals surface area contributed by atoms with E-state index >= 15 is 0 Å². The topological polar surface area (TPSA) is 64.7 Å². The maximum absolute atomic E-state index is 9.50. The van der Waals surface area contributed by atoms with Gasteiger partial charge in [-0.15, -0.1) is 0 Å². The molecule has 0 atom stereocenters. The van der Waals surface area contributed by atoms with Gasteiger partial charge in [-0.05, 0) is 18.6 Å². The van der Waals surface area contributed by atoms with Gasteiger partial charge in [-0.1, -0.05) is 0 Å². The van der Waals surface area contributed by atoms with E-state index in [0.29, 0.717) is 5.75 Å². The summed E-state index contributed by atoms with van der Waals surface area (Å²) in [5.41, 5.74) is 6.65. The van der Waals surface area contributed by atoms with Crippen LogP contribution in [0.4, 0.5) is 5.69 Å². The normalized spacial score (nSPS) is 9.77. The third-order valence-electron chi connectivity index (χ3n) is 1.83. The van der Waals surface area contributed by atoms with Gasteiger partial charge >= 0.3 is 0 Å². The monoisotopic (exact) mass is 183 g/mol. The van der Waals surface area contributed by atoms with Gasteiger partial charge in [-0.3, -0.25) is 0 Å². The summed E-state index contributed by atoms with van der Waals surface area (Å²) in [4.78, 5) is 0. The maximum Gasteiger partial charge on any atom is 0.205 e. The Balaban J connectivity index is 3.41. The molecule has 72 valence electrons. The van der Waals surface area contributed by atoms with Crippen molar-refractivity contribution in [1.29, 1.82) is 0 Å². The third kappa shape index (κ3) is 1.47. The number of aromatic hydroxyl groups is 1. The fourth-order valence-electron chi connectivity index (χ4n) is 1.23. The summed E-state index contributed by atoms with van der Waals surface area (Å²) in [6.45, 7) is 1.83.